The van der Waals surface area contributed by atoms with Gasteiger partial charge in [0.05, 0.1) is 5.56 Å². The molecule has 3 heterocycles. The molecule has 27 heavy (non-hydrogen) atoms. The highest BCUT2D eigenvalue weighted by Gasteiger charge is 2.20. The van der Waals surface area contributed by atoms with Gasteiger partial charge < -0.3 is 15.5 Å². The number of aromatic nitrogens is 3. The largest absolute Gasteiger partial charge is 0.367 e. The monoisotopic (exact) mass is 366 g/mol. The van der Waals surface area contributed by atoms with Gasteiger partial charge in [-0.1, -0.05) is 13.0 Å². The zero-order valence-corrected chi connectivity index (χ0v) is 15.7. The van der Waals surface area contributed by atoms with Crippen LogP contribution in [0.4, 0.5) is 11.6 Å². The van der Waals surface area contributed by atoms with E-state index in [9.17, 15) is 4.79 Å². The molecule has 0 bridgehead atoms. The van der Waals surface area contributed by atoms with Gasteiger partial charge in [0.15, 0.2) is 0 Å². The minimum atomic E-state index is -0.140. The van der Waals surface area contributed by atoms with Crippen LogP contribution in [0.2, 0.25) is 0 Å². The summed E-state index contributed by atoms with van der Waals surface area (Å²) in [6.07, 6.45) is 7.83. The number of piperidine rings is 1. The average molecular weight is 366 g/mol. The van der Waals surface area contributed by atoms with E-state index in [1.807, 2.05) is 6.07 Å². The van der Waals surface area contributed by atoms with E-state index in [-0.39, 0.29) is 5.91 Å². The van der Waals surface area contributed by atoms with E-state index in [0.29, 0.717) is 18.2 Å². The van der Waals surface area contributed by atoms with Crippen molar-refractivity contribution < 1.29 is 4.79 Å². The lowest BCUT2D eigenvalue weighted by molar-refractivity contribution is 0.0957. The maximum absolute atomic E-state index is 11.9. The molecule has 1 amide bonds. The highest BCUT2D eigenvalue weighted by atomic mass is 16.1. The van der Waals surface area contributed by atoms with Gasteiger partial charge in [-0.05, 0) is 31.4 Å². The zero-order valence-electron chi connectivity index (χ0n) is 15.7. The normalized spacial score (nSPS) is 14.6. The van der Waals surface area contributed by atoms with Crippen LogP contribution in [-0.2, 0) is 6.42 Å². The number of carbonyl (C=O) groups excluding carboxylic acids is 1. The van der Waals surface area contributed by atoms with Gasteiger partial charge in [-0.25, -0.2) is 15.0 Å². The summed E-state index contributed by atoms with van der Waals surface area (Å²) < 4.78 is 0. The molecule has 2 aromatic rings. The van der Waals surface area contributed by atoms with Gasteiger partial charge in [-0.3, -0.25) is 4.79 Å². The number of nitrogens with one attached hydrogen (secondary N) is 2. The molecule has 0 aromatic carbocycles. The van der Waals surface area contributed by atoms with Crippen LogP contribution < -0.4 is 15.5 Å². The Bertz CT molecular complexity index is 768. The number of hydrogen-bond donors (Lipinski definition) is 2. The predicted molar refractivity (Wildman–Crippen MR) is 107 cm³/mol. The fourth-order valence-corrected chi connectivity index (χ4v) is 3.09. The standard InChI is InChI=1S/C20H26N6O/c1-3-9-21-20(27)15-5-6-18(22-13-15)25-17-7-10-26(11-8-17)19-12-16(4-2)23-14-24-19/h3,5-6,12-14,17H,1,4,7-11H2,2H3,(H,21,27)(H,22,25). The molecule has 1 fully saturated rings. The molecule has 0 aliphatic carbocycles. The third kappa shape index (κ3) is 5.03. The Labute approximate surface area is 159 Å². The van der Waals surface area contributed by atoms with Gasteiger partial charge >= 0.3 is 0 Å². The van der Waals surface area contributed by atoms with E-state index in [0.717, 1.165) is 49.7 Å². The van der Waals surface area contributed by atoms with E-state index < -0.39 is 0 Å². The summed E-state index contributed by atoms with van der Waals surface area (Å²) in [6, 6.07) is 6.08. The zero-order chi connectivity index (χ0) is 19.1. The smallest absolute Gasteiger partial charge is 0.253 e. The second kappa shape index (κ2) is 9.12. The Morgan fingerprint density at radius 2 is 2.11 bits per heavy atom. The van der Waals surface area contributed by atoms with E-state index in [2.05, 4.69) is 50.1 Å². The third-order valence-corrected chi connectivity index (χ3v) is 4.68. The number of pyridine rings is 1. The summed E-state index contributed by atoms with van der Waals surface area (Å²) >= 11 is 0. The molecule has 1 aliphatic heterocycles. The van der Waals surface area contributed by atoms with E-state index >= 15 is 0 Å². The molecule has 0 spiro atoms. The average Bonchev–Trinajstić information content (AvgIpc) is 2.73. The second-order valence-corrected chi connectivity index (χ2v) is 6.56. The van der Waals surface area contributed by atoms with Crippen LogP contribution >= 0.6 is 0 Å². The summed E-state index contributed by atoms with van der Waals surface area (Å²) in [5, 5.41) is 6.21. The minimum Gasteiger partial charge on any atom is -0.367 e. The van der Waals surface area contributed by atoms with Crippen molar-refractivity contribution in [3.63, 3.8) is 0 Å². The highest BCUT2D eigenvalue weighted by Crippen LogP contribution is 2.20. The van der Waals surface area contributed by atoms with Gasteiger partial charge in [0, 0.05) is 43.6 Å². The lowest BCUT2D eigenvalue weighted by Crippen LogP contribution is -2.39. The number of rotatable bonds is 7. The molecule has 7 heteroatoms. The molecule has 1 saturated heterocycles. The fraction of sp³-hybridized carbons (Fsp3) is 0.400. The van der Waals surface area contributed by atoms with Gasteiger partial charge in [-0.15, -0.1) is 6.58 Å². The summed E-state index contributed by atoms with van der Waals surface area (Å²) in [7, 11) is 0. The number of aryl methyl sites for hydroxylation is 1. The van der Waals surface area contributed by atoms with Crippen molar-refractivity contribution in [1.29, 1.82) is 0 Å². The van der Waals surface area contributed by atoms with Gasteiger partial charge in [-0.2, -0.15) is 0 Å². The molecular weight excluding hydrogens is 340 g/mol. The number of nitrogens with zero attached hydrogens (tertiary/aromatic N) is 4. The Morgan fingerprint density at radius 3 is 2.78 bits per heavy atom. The molecule has 0 atom stereocenters. The second-order valence-electron chi connectivity index (χ2n) is 6.56. The first kappa shape index (κ1) is 18.8. The van der Waals surface area contributed by atoms with Crippen LogP contribution in [0.15, 0.2) is 43.4 Å². The Balaban J connectivity index is 1.51. The molecule has 0 unspecified atom stereocenters. The fourth-order valence-electron chi connectivity index (χ4n) is 3.09. The maximum Gasteiger partial charge on any atom is 0.253 e. The van der Waals surface area contributed by atoms with E-state index in [1.165, 1.54) is 0 Å². The van der Waals surface area contributed by atoms with Crippen molar-refractivity contribution >= 4 is 17.5 Å². The quantitative estimate of drug-likeness (QED) is 0.733. The van der Waals surface area contributed by atoms with Crippen molar-refractivity contribution in [3.05, 3.63) is 54.6 Å². The Hall–Kier alpha value is -2.96. The number of hydrogen-bond acceptors (Lipinski definition) is 6. The lowest BCUT2D eigenvalue weighted by atomic mass is 10.0. The molecule has 142 valence electrons. The Kier molecular flexibility index (Phi) is 6.35. The summed E-state index contributed by atoms with van der Waals surface area (Å²) in [6.45, 7) is 8.03. The SMILES string of the molecule is C=CCNC(=O)c1ccc(NC2CCN(c3cc(CC)ncn3)CC2)nc1. The molecule has 1 aliphatic rings. The molecule has 0 radical (unpaired) electrons. The van der Waals surface area contributed by atoms with Crippen LogP contribution in [0.3, 0.4) is 0 Å². The minimum absolute atomic E-state index is 0.140. The van der Waals surface area contributed by atoms with Gasteiger partial charge in [0.2, 0.25) is 0 Å². The Morgan fingerprint density at radius 1 is 1.30 bits per heavy atom. The number of anilines is 2. The van der Waals surface area contributed by atoms with Crippen molar-refractivity contribution in [2.24, 2.45) is 0 Å². The molecule has 2 aromatic heterocycles. The maximum atomic E-state index is 11.9. The van der Waals surface area contributed by atoms with Crippen molar-refractivity contribution in [3.8, 4) is 0 Å². The topological polar surface area (TPSA) is 83.0 Å². The van der Waals surface area contributed by atoms with E-state index in [1.54, 1.807) is 24.7 Å². The molecular formula is C20H26N6O. The van der Waals surface area contributed by atoms with Crippen molar-refractivity contribution in [2.45, 2.75) is 32.2 Å². The van der Waals surface area contributed by atoms with Crippen LogP contribution in [0, 0.1) is 0 Å². The van der Waals surface area contributed by atoms with Crippen LogP contribution in [-0.4, -0.2) is 46.5 Å². The highest BCUT2D eigenvalue weighted by molar-refractivity contribution is 5.94. The van der Waals surface area contributed by atoms with Crippen LogP contribution in [0.5, 0.6) is 0 Å². The molecule has 3 rings (SSSR count). The molecule has 7 nitrogen and oxygen atoms in total. The van der Waals surface area contributed by atoms with E-state index in [4.69, 9.17) is 0 Å². The first-order chi connectivity index (χ1) is 13.2. The van der Waals surface area contributed by atoms with Gasteiger partial charge in [0.25, 0.3) is 5.91 Å². The lowest BCUT2D eigenvalue weighted by Gasteiger charge is -2.33. The first-order valence-corrected chi connectivity index (χ1v) is 9.37. The molecule has 2 N–H and O–H groups in total. The third-order valence-electron chi connectivity index (χ3n) is 4.68. The van der Waals surface area contributed by atoms with Crippen LogP contribution in [0.1, 0.15) is 35.8 Å². The number of carbonyl (C=O) groups is 1. The molecule has 0 saturated carbocycles. The summed E-state index contributed by atoms with van der Waals surface area (Å²) in [5.74, 6) is 1.66. The van der Waals surface area contributed by atoms with Crippen molar-refractivity contribution in [2.75, 3.05) is 29.9 Å². The first-order valence-electron chi connectivity index (χ1n) is 9.37. The predicted octanol–water partition coefficient (Wildman–Crippen LogP) is 2.43. The van der Waals surface area contributed by atoms with Crippen molar-refractivity contribution in [1.82, 2.24) is 20.3 Å². The summed E-state index contributed by atoms with van der Waals surface area (Å²) in [5.41, 5.74) is 1.62. The van der Waals surface area contributed by atoms with Crippen LogP contribution in [0.25, 0.3) is 0 Å². The number of amides is 1. The summed E-state index contributed by atoms with van der Waals surface area (Å²) in [4.78, 5) is 27.2. The van der Waals surface area contributed by atoms with Gasteiger partial charge in [0.1, 0.15) is 18.0 Å².